The Balaban J connectivity index is 2.16. The topological polar surface area (TPSA) is 74.0 Å². The van der Waals surface area contributed by atoms with Crippen LogP contribution in [0.15, 0.2) is 12.1 Å². The Bertz CT molecular complexity index is 542. The fourth-order valence-corrected chi connectivity index (χ4v) is 2.99. The Morgan fingerprint density at radius 2 is 2.00 bits per heavy atom. The largest absolute Gasteiger partial charge is 0.493 e. The van der Waals surface area contributed by atoms with E-state index in [9.17, 15) is 4.79 Å². The molecule has 1 fully saturated rings. The van der Waals surface area contributed by atoms with Crippen LogP contribution in [0.3, 0.4) is 0 Å². The summed E-state index contributed by atoms with van der Waals surface area (Å²) < 4.78 is 16.1. The summed E-state index contributed by atoms with van der Waals surface area (Å²) in [5.74, 6) is 0.661. The quantitative estimate of drug-likeness (QED) is 0.819. The SMILES string of the molecule is COc1cc(C(CCN2CCOCC2)C(N)=O)cc(C)c1OC. The molecule has 0 aliphatic carbocycles. The zero-order chi connectivity index (χ0) is 16.8. The Morgan fingerprint density at radius 3 is 2.57 bits per heavy atom. The average Bonchev–Trinajstić information content (AvgIpc) is 2.55. The van der Waals surface area contributed by atoms with Gasteiger partial charge in [0.15, 0.2) is 11.5 Å². The fraction of sp³-hybridized carbons (Fsp3) is 0.588. The summed E-state index contributed by atoms with van der Waals surface area (Å²) in [5, 5.41) is 0. The van der Waals surface area contributed by atoms with Crippen LogP contribution >= 0.6 is 0 Å². The maximum Gasteiger partial charge on any atom is 0.225 e. The summed E-state index contributed by atoms with van der Waals surface area (Å²) in [6.07, 6.45) is 0.685. The van der Waals surface area contributed by atoms with Crippen molar-refractivity contribution in [1.82, 2.24) is 4.90 Å². The van der Waals surface area contributed by atoms with Crippen LogP contribution in [0, 0.1) is 6.92 Å². The highest BCUT2D eigenvalue weighted by Crippen LogP contribution is 2.35. The zero-order valence-corrected chi connectivity index (χ0v) is 14.1. The van der Waals surface area contributed by atoms with Crippen molar-refractivity contribution in [3.05, 3.63) is 23.3 Å². The van der Waals surface area contributed by atoms with E-state index >= 15 is 0 Å². The van der Waals surface area contributed by atoms with Gasteiger partial charge in [0.1, 0.15) is 0 Å². The Labute approximate surface area is 137 Å². The van der Waals surface area contributed by atoms with Crippen LogP contribution in [0.5, 0.6) is 11.5 Å². The van der Waals surface area contributed by atoms with E-state index in [1.807, 2.05) is 19.1 Å². The lowest BCUT2D eigenvalue weighted by Crippen LogP contribution is -2.38. The normalized spacial score (nSPS) is 16.8. The van der Waals surface area contributed by atoms with E-state index in [1.165, 1.54) is 0 Å². The number of carbonyl (C=O) groups excluding carboxylic acids is 1. The molecule has 6 heteroatoms. The van der Waals surface area contributed by atoms with Gasteiger partial charge in [-0.2, -0.15) is 0 Å². The first kappa shape index (κ1) is 17.6. The van der Waals surface area contributed by atoms with Crippen molar-refractivity contribution in [2.24, 2.45) is 5.73 Å². The number of morpholine rings is 1. The molecule has 2 N–H and O–H groups in total. The molecule has 1 aliphatic rings. The number of methoxy groups -OCH3 is 2. The number of carbonyl (C=O) groups is 1. The number of hydrogen-bond acceptors (Lipinski definition) is 5. The number of primary amides is 1. The van der Waals surface area contributed by atoms with Crippen LogP contribution in [-0.4, -0.2) is 57.9 Å². The van der Waals surface area contributed by atoms with Crippen LogP contribution in [0.1, 0.15) is 23.5 Å². The van der Waals surface area contributed by atoms with Crippen LogP contribution in [0.4, 0.5) is 0 Å². The monoisotopic (exact) mass is 322 g/mol. The van der Waals surface area contributed by atoms with Gasteiger partial charge in [-0.3, -0.25) is 9.69 Å². The molecule has 0 saturated carbocycles. The Hall–Kier alpha value is -1.79. The molecule has 1 aromatic carbocycles. The average molecular weight is 322 g/mol. The smallest absolute Gasteiger partial charge is 0.225 e. The van der Waals surface area contributed by atoms with Crippen molar-refractivity contribution in [2.45, 2.75) is 19.3 Å². The highest BCUT2D eigenvalue weighted by Gasteiger charge is 2.22. The summed E-state index contributed by atoms with van der Waals surface area (Å²) >= 11 is 0. The first-order valence-corrected chi connectivity index (χ1v) is 7.88. The van der Waals surface area contributed by atoms with Crippen LogP contribution in [0.25, 0.3) is 0 Å². The van der Waals surface area contributed by atoms with Crippen molar-refractivity contribution in [3.8, 4) is 11.5 Å². The number of amides is 1. The van der Waals surface area contributed by atoms with Crippen molar-refractivity contribution in [3.63, 3.8) is 0 Å². The predicted octanol–water partition coefficient (Wildman–Crippen LogP) is 1.30. The number of ether oxygens (including phenoxy) is 3. The molecule has 1 aliphatic heterocycles. The molecular weight excluding hydrogens is 296 g/mol. The molecule has 1 heterocycles. The molecule has 0 bridgehead atoms. The van der Waals surface area contributed by atoms with Crippen LogP contribution < -0.4 is 15.2 Å². The van der Waals surface area contributed by atoms with E-state index in [4.69, 9.17) is 19.9 Å². The molecule has 0 spiro atoms. The molecule has 1 unspecified atom stereocenters. The number of aryl methyl sites for hydroxylation is 1. The second-order valence-electron chi connectivity index (χ2n) is 5.77. The van der Waals surface area contributed by atoms with Gasteiger partial charge in [-0.05, 0) is 37.1 Å². The molecule has 0 aromatic heterocycles. The number of nitrogens with zero attached hydrogens (tertiary/aromatic N) is 1. The lowest BCUT2D eigenvalue weighted by Gasteiger charge is -2.28. The van der Waals surface area contributed by atoms with E-state index in [0.29, 0.717) is 17.9 Å². The minimum absolute atomic E-state index is 0.315. The molecule has 6 nitrogen and oxygen atoms in total. The van der Waals surface area contributed by atoms with E-state index in [2.05, 4.69) is 4.90 Å². The molecule has 23 heavy (non-hydrogen) atoms. The van der Waals surface area contributed by atoms with Crippen molar-refractivity contribution >= 4 is 5.91 Å². The summed E-state index contributed by atoms with van der Waals surface area (Å²) in [5.41, 5.74) is 7.45. The summed E-state index contributed by atoms with van der Waals surface area (Å²) in [6.45, 7) is 6.05. The van der Waals surface area contributed by atoms with Crippen molar-refractivity contribution in [2.75, 3.05) is 47.1 Å². The maximum atomic E-state index is 11.9. The predicted molar refractivity (Wildman–Crippen MR) is 88.1 cm³/mol. The lowest BCUT2D eigenvalue weighted by atomic mass is 9.92. The van der Waals surface area contributed by atoms with Gasteiger partial charge in [0.2, 0.25) is 5.91 Å². The Morgan fingerprint density at radius 1 is 1.30 bits per heavy atom. The van der Waals surface area contributed by atoms with Gasteiger partial charge >= 0.3 is 0 Å². The fourth-order valence-electron chi connectivity index (χ4n) is 2.99. The standard InChI is InChI=1S/C17H26N2O4/c1-12-10-13(11-15(21-2)16(12)22-3)14(17(18)20)4-5-19-6-8-23-9-7-19/h10-11,14H,4-9H2,1-3H3,(H2,18,20). The first-order chi connectivity index (χ1) is 11.1. The van der Waals surface area contributed by atoms with E-state index in [0.717, 1.165) is 44.0 Å². The molecule has 0 radical (unpaired) electrons. The van der Waals surface area contributed by atoms with Gasteiger partial charge in [0.05, 0.1) is 33.4 Å². The van der Waals surface area contributed by atoms with Crippen molar-refractivity contribution < 1.29 is 19.0 Å². The third-order valence-electron chi connectivity index (χ3n) is 4.27. The zero-order valence-electron chi connectivity index (χ0n) is 14.1. The third kappa shape index (κ3) is 4.36. The van der Waals surface area contributed by atoms with Crippen molar-refractivity contribution in [1.29, 1.82) is 0 Å². The molecule has 1 aromatic rings. The van der Waals surface area contributed by atoms with E-state index in [-0.39, 0.29) is 11.8 Å². The number of nitrogens with two attached hydrogens (primary N) is 1. The highest BCUT2D eigenvalue weighted by molar-refractivity contribution is 5.82. The van der Waals surface area contributed by atoms with Gasteiger partial charge < -0.3 is 19.9 Å². The van der Waals surface area contributed by atoms with Gasteiger partial charge in [0, 0.05) is 13.1 Å². The second kappa shape index (κ2) is 8.17. The molecule has 128 valence electrons. The lowest BCUT2D eigenvalue weighted by molar-refractivity contribution is -0.119. The number of hydrogen-bond donors (Lipinski definition) is 1. The minimum Gasteiger partial charge on any atom is -0.493 e. The summed E-state index contributed by atoms with van der Waals surface area (Å²) in [7, 11) is 3.20. The highest BCUT2D eigenvalue weighted by atomic mass is 16.5. The van der Waals surface area contributed by atoms with Crippen LogP contribution in [-0.2, 0) is 9.53 Å². The second-order valence-corrected chi connectivity index (χ2v) is 5.77. The molecule has 1 atom stereocenters. The molecule has 2 rings (SSSR count). The van der Waals surface area contributed by atoms with E-state index in [1.54, 1.807) is 14.2 Å². The Kier molecular flexibility index (Phi) is 6.24. The number of rotatable bonds is 7. The molecular formula is C17H26N2O4. The molecule has 1 saturated heterocycles. The minimum atomic E-state index is -0.337. The van der Waals surface area contributed by atoms with Crippen LogP contribution in [0.2, 0.25) is 0 Å². The summed E-state index contributed by atoms with van der Waals surface area (Å²) in [4.78, 5) is 14.2. The van der Waals surface area contributed by atoms with E-state index < -0.39 is 0 Å². The van der Waals surface area contributed by atoms with Gasteiger partial charge in [-0.1, -0.05) is 6.07 Å². The number of benzene rings is 1. The molecule has 1 amide bonds. The van der Waals surface area contributed by atoms with Gasteiger partial charge in [-0.15, -0.1) is 0 Å². The third-order valence-corrected chi connectivity index (χ3v) is 4.27. The van der Waals surface area contributed by atoms with Gasteiger partial charge in [0.25, 0.3) is 0 Å². The summed E-state index contributed by atoms with van der Waals surface area (Å²) in [6, 6.07) is 3.80. The first-order valence-electron chi connectivity index (χ1n) is 7.88. The van der Waals surface area contributed by atoms with Gasteiger partial charge in [-0.25, -0.2) is 0 Å². The maximum absolute atomic E-state index is 11.9.